The predicted octanol–water partition coefficient (Wildman–Crippen LogP) is 2.99. The highest BCUT2D eigenvalue weighted by atomic mass is 35.5. The molecule has 4 heteroatoms. The Bertz CT molecular complexity index is 247. The summed E-state index contributed by atoms with van der Waals surface area (Å²) in [6, 6.07) is 0. The lowest BCUT2D eigenvalue weighted by atomic mass is 10.1. The molecule has 1 heterocycles. The molecule has 0 bridgehead atoms. The minimum atomic E-state index is 0.453. The predicted molar refractivity (Wildman–Crippen MR) is 58.3 cm³/mol. The fourth-order valence-corrected chi connectivity index (χ4v) is 1.65. The molecule has 1 aromatic rings. The first-order valence-corrected chi connectivity index (χ1v) is 5.84. The Kier molecular flexibility index (Phi) is 5.60. The molecule has 0 aliphatic heterocycles. The summed E-state index contributed by atoms with van der Waals surface area (Å²) in [4.78, 5) is 4.07. The van der Waals surface area contributed by atoms with Crippen LogP contribution in [-0.2, 0) is 12.4 Å². The van der Waals surface area contributed by atoms with Gasteiger partial charge in [0.05, 0.1) is 5.88 Å². The Hall–Kier alpha value is -0.570. The van der Waals surface area contributed by atoms with Crippen LogP contribution in [0.5, 0.6) is 0 Å². The van der Waals surface area contributed by atoms with Crippen molar-refractivity contribution in [3.8, 4) is 0 Å². The second-order valence-corrected chi connectivity index (χ2v) is 3.71. The molecule has 0 aliphatic carbocycles. The Balaban J connectivity index is 2.17. The van der Waals surface area contributed by atoms with Crippen molar-refractivity contribution in [1.82, 2.24) is 14.8 Å². The van der Waals surface area contributed by atoms with Crippen molar-refractivity contribution in [2.75, 3.05) is 0 Å². The van der Waals surface area contributed by atoms with E-state index in [1.807, 2.05) is 4.68 Å². The van der Waals surface area contributed by atoms with E-state index in [0.29, 0.717) is 5.88 Å². The van der Waals surface area contributed by atoms with Gasteiger partial charge in [-0.15, -0.1) is 11.6 Å². The number of rotatable bonds is 7. The van der Waals surface area contributed by atoms with Crippen LogP contribution in [0.15, 0.2) is 6.33 Å². The third kappa shape index (κ3) is 3.66. The highest BCUT2D eigenvalue weighted by Gasteiger charge is 2.01. The number of nitrogens with zero attached hydrogens (tertiary/aromatic N) is 3. The second kappa shape index (κ2) is 6.82. The van der Waals surface area contributed by atoms with Crippen molar-refractivity contribution in [2.24, 2.45) is 0 Å². The first kappa shape index (κ1) is 11.5. The topological polar surface area (TPSA) is 30.7 Å². The summed E-state index contributed by atoms with van der Waals surface area (Å²) in [6.45, 7) is 3.18. The zero-order chi connectivity index (χ0) is 10.2. The minimum absolute atomic E-state index is 0.453. The summed E-state index contributed by atoms with van der Waals surface area (Å²) >= 11 is 5.71. The molecule has 0 saturated carbocycles. The van der Waals surface area contributed by atoms with Crippen LogP contribution in [0.4, 0.5) is 0 Å². The summed E-state index contributed by atoms with van der Waals surface area (Å²) in [5.41, 5.74) is 0. The zero-order valence-corrected chi connectivity index (χ0v) is 9.50. The summed E-state index contributed by atoms with van der Waals surface area (Å²) in [5, 5.41) is 4.13. The molecule has 0 N–H and O–H groups in total. The molecule has 0 aromatic carbocycles. The fourth-order valence-electron chi connectivity index (χ4n) is 1.44. The molecule has 0 aliphatic rings. The normalized spacial score (nSPS) is 10.7. The monoisotopic (exact) mass is 215 g/mol. The van der Waals surface area contributed by atoms with Gasteiger partial charge in [0, 0.05) is 6.54 Å². The fraction of sp³-hybridized carbons (Fsp3) is 0.800. The van der Waals surface area contributed by atoms with E-state index in [0.717, 1.165) is 12.4 Å². The van der Waals surface area contributed by atoms with E-state index in [-0.39, 0.29) is 0 Å². The van der Waals surface area contributed by atoms with E-state index >= 15 is 0 Å². The Morgan fingerprint density at radius 2 is 2.07 bits per heavy atom. The van der Waals surface area contributed by atoms with Crippen LogP contribution in [0.2, 0.25) is 0 Å². The van der Waals surface area contributed by atoms with E-state index in [2.05, 4.69) is 17.0 Å². The second-order valence-electron chi connectivity index (χ2n) is 3.45. The van der Waals surface area contributed by atoms with Gasteiger partial charge in [-0.2, -0.15) is 5.10 Å². The first-order chi connectivity index (χ1) is 6.88. The van der Waals surface area contributed by atoms with Gasteiger partial charge in [0.25, 0.3) is 0 Å². The van der Waals surface area contributed by atoms with Gasteiger partial charge < -0.3 is 0 Å². The largest absolute Gasteiger partial charge is 0.249 e. The number of halogens is 1. The molecule has 80 valence electrons. The molecule has 0 spiro atoms. The minimum Gasteiger partial charge on any atom is -0.249 e. The van der Waals surface area contributed by atoms with Gasteiger partial charge >= 0.3 is 0 Å². The maximum atomic E-state index is 5.71. The quantitative estimate of drug-likeness (QED) is 0.517. The lowest BCUT2D eigenvalue weighted by molar-refractivity contribution is 0.521. The van der Waals surface area contributed by atoms with Crippen LogP contribution in [0.3, 0.4) is 0 Å². The first-order valence-electron chi connectivity index (χ1n) is 5.31. The molecular weight excluding hydrogens is 198 g/mol. The van der Waals surface area contributed by atoms with E-state index in [4.69, 9.17) is 11.6 Å². The van der Waals surface area contributed by atoms with Gasteiger partial charge in [0.2, 0.25) is 0 Å². The Morgan fingerprint density at radius 3 is 2.79 bits per heavy atom. The zero-order valence-electron chi connectivity index (χ0n) is 8.75. The lowest BCUT2D eigenvalue weighted by Gasteiger charge is -2.03. The smallest absolute Gasteiger partial charge is 0.141 e. The van der Waals surface area contributed by atoms with Crippen LogP contribution in [0, 0.1) is 0 Å². The number of aromatic nitrogens is 3. The molecule has 1 aromatic heterocycles. The van der Waals surface area contributed by atoms with Crippen LogP contribution >= 0.6 is 11.6 Å². The number of hydrogen-bond acceptors (Lipinski definition) is 2. The van der Waals surface area contributed by atoms with Crippen LogP contribution < -0.4 is 0 Å². The van der Waals surface area contributed by atoms with Crippen LogP contribution in [0.25, 0.3) is 0 Å². The van der Waals surface area contributed by atoms with E-state index < -0.39 is 0 Å². The summed E-state index contributed by atoms with van der Waals surface area (Å²) in [6.07, 6.45) is 7.96. The molecule has 3 nitrogen and oxygen atoms in total. The van der Waals surface area contributed by atoms with Crippen molar-refractivity contribution >= 4 is 11.6 Å². The maximum absolute atomic E-state index is 5.71. The molecule has 0 amide bonds. The molecule has 0 unspecified atom stereocenters. The van der Waals surface area contributed by atoms with Gasteiger partial charge in [0.15, 0.2) is 0 Å². The van der Waals surface area contributed by atoms with Crippen molar-refractivity contribution in [3.05, 3.63) is 12.2 Å². The molecule has 0 saturated heterocycles. The van der Waals surface area contributed by atoms with E-state index in [1.165, 1.54) is 32.1 Å². The van der Waals surface area contributed by atoms with Crippen LogP contribution in [-0.4, -0.2) is 14.8 Å². The number of unbranched alkanes of at least 4 members (excludes halogenated alkanes) is 4. The third-order valence-electron chi connectivity index (χ3n) is 2.29. The van der Waals surface area contributed by atoms with Gasteiger partial charge in [-0.25, -0.2) is 9.67 Å². The standard InChI is InChI=1S/C10H18ClN3/c1-2-3-4-5-6-7-14-10(8-11)12-9-13-14/h9H,2-8H2,1H3. The molecule has 14 heavy (non-hydrogen) atoms. The Labute approximate surface area is 90.5 Å². The highest BCUT2D eigenvalue weighted by molar-refractivity contribution is 6.16. The van der Waals surface area contributed by atoms with Gasteiger partial charge in [-0.3, -0.25) is 0 Å². The van der Waals surface area contributed by atoms with Gasteiger partial charge in [-0.1, -0.05) is 32.6 Å². The molecule has 1 rings (SSSR count). The van der Waals surface area contributed by atoms with Crippen molar-refractivity contribution in [3.63, 3.8) is 0 Å². The summed E-state index contributed by atoms with van der Waals surface area (Å²) in [5.74, 6) is 1.33. The van der Waals surface area contributed by atoms with Gasteiger partial charge in [0.1, 0.15) is 12.2 Å². The summed E-state index contributed by atoms with van der Waals surface area (Å²) < 4.78 is 1.90. The van der Waals surface area contributed by atoms with Crippen molar-refractivity contribution in [1.29, 1.82) is 0 Å². The molecule has 0 radical (unpaired) electrons. The average molecular weight is 216 g/mol. The van der Waals surface area contributed by atoms with Gasteiger partial charge in [-0.05, 0) is 6.42 Å². The van der Waals surface area contributed by atoms with E-state index in [1.54, 1.807) is 6.33 Å². The molecular formula is C10H18ClN3. The Morgan fingerprint density at radius 1 is 1.29 bits per heavy atom. The SMILES string of the molecule is CCCCCCCn1ncnc1CCl. The summed E-state index contributed by atoms with van der Waals surface area (Å²) in [7, 11) is 0. The lowest BCUT2D eigenvalue weighted by Crippen LogP contribution is -2.04. The number of aryl methyl sites for hydroxylation is 1. The maximum Gasteiger partial charge on any atom is 0.141 e. The van der Waals surface area contributed by atoms with Crippen LogP contribution in [0.1, 0.15) is 44.9 Å². The number of alkyl halides is 1. The van der Waals surface area contributed by atoms with E-state index in [9.17, 15) is 0 Å². The molecule has 0 atom stereocenters. The highest BCUT2D eigenvalue weighted by Crippen LogP contribution is 2.05. The van der Waals surface area contributed by atoms with Crippen molar-refractivity contribution in [2.45, 2.75) is 51.5 Å². The number of hydrogen-bond donors (Lipinski definition) is 0. The third-order valence-corrected chi connectivity index (χ3v) is 2.53. The van der Waals surface area contributed by atoms with Crippen molar-refractivity contribution < 1.29 is 0 Å². The molecule has 0 fully saturated rings. The average Bonchev–Trinajstić information content (AvgIpc) is 2.65.